The third kappa shape index (κ3) is 1.81. The minimum absolute atomic E-state index is 0.641. The van der Waals surface area contributed by atoms with Gasteiger partial charge in [0.1, 0.15) is 0 Å². The molecule has 4 heteroatoms. The van der Waals surface area contributed by atoms with E-state index in [1.54, 1.807) is 6.20 Å². The van der Waals surface area contributed by atoms with Gasteiger partial charge in [0.25, 0.3) is 0 Å². The molecule has 0 saturated heterocycles. The molecule has 19 heavy (non-hydrogen) atoms. The number of nitrogens with one attached hydrogen (secondary N) is 1. The number of pyridine rings is 1. The number of rotatable bonds is 1. The molecule has 4 rings (SSSR count). The van der Waals surface area contributed by atoms with Crippen molar-refractivity contribution in [2.45, 2.75) is 13.0 Å². The zero-order chi connectivity index (χ0) is 12.7. The maximum atomic E-state index is 5.75. The van der Waals surface area contributed by atoms with Gasteiger partial charge < -0.3 is 9.73 Å². The van der Waals surface area contributed by atoms with Gasteiger partial charge in [-0.15, -0.1) is 0 Å². The fourth-order valence-corrected chi connectivity index (χ4v) is 2.51. The molecule has 3 aromatic rings. The van der Waals surface area contributed by atoms with E-state index >= 15 is 0 Å². The molecule has 4 nitrogen and oxygen atoms in total. The van der Waals surface area contributed by atoms with E-state index in [9.17, 15) is 0 Å². The van der Waals surface area contributed by atoms with Gasteiger partial charge in [0, 0.05) is 18.3 Å². The van der Waals surface area contributed by atoms with E-state index in [0.29, 0.717) is 11.5 Å². The Bertz CT molecular complexity index is 715. The number of oxazole rings is 1. The third-order valence-corrected chi connectivity index (χ3v) is 3.50. The van der Waals surface area contributed by atoms with Gasteiger partial charge in [-0.25, -0.2) is 4.98 Å². The van der Waals surface area contributed by atoms with Crippen LogP contribution >= 0.6 is 0 Å². The summed E-state index contributed by atoms with van der Waals surface area (Å²) < 4.78 is 5.75. The quantitative estimate of drug-likeness (QED) is 0.722. The van der Waals surface area contributed by atoms with Crippen LogP contribution in [0.5, 0.6) is 0 Å². The largest absolute Gasteiger partial charge is 0.434 e. The van der Waals surface area contributed by atoms with E-state index in [1.165, 1.54) is 11.1 Å². The molecule has 1 N–H and O–H groups in total. The fourth-order valence-electron chi connectivity index (χ4n) is 2.51. The Morgan fingerprint density at radius 2 is 2.16 bits per heavy atom. The molecule has 0 saturated carbocycles. The average molecular weight is 251 g/mol. The summed E-state index contributed by atoms with van der Waals surface area (Å²) in [5.41, 5.74) is 5.15. The fraction of sp³-hybridized carbons (Fsp3) is 0.200. The normalized spacial score (nSPS) is 14.5. The third-order valence-electron chi connectivity index (χ3n) is 3.50. The van der Waals surface area contributed by atoms with Crippen molar-refractivity contribution >= 4 is 11.2 Å². The number of nitrogens with zero attached hydrogens (tertiary/aromatic N) is 2. The van der Waals surface area contributed by atoms with Crippen LogP contribution in [0.25, 0.3) is 22.7 Å². The van der Waals surface area contributed by atoms with Crippen LogP contribution in [-0.4, -0.2) is 16.5 Å². The van der Waals surface area contributed by atoms with Crippen LogP contribution in [-0.2, 0) is 13.0 Å². The lowest BCUT2D eigenvalue weighted by molar-refractivity contribution is 0.617. The van der Waals surface area contributed by atoms with Crippen molar-refractivity contribution < 1.29 is 4.42 Å². The van der Waals surface area contributed by atoms with Gasteiger partial charge in [-0.1, -0.05) is 6.07 Å². The Kier molecular flexibility index (Phi) is 2.35. The lowest BCUT2D eigenvalue weighted by Crippen LogP contribution is -2.23. The molecule has 0 bridgehead atoms. The summed E-state index contributed by atoms with van der Waals surface area (Å²) in [6.45, 7) is 1.97. The predicted molar refractivity (Wildman–Crippen MR) is 72.7 cm³/mol. The molecule has 0 radical (unpaired) electrons. The molecule has 0 fully saturated rings. The molecule has 2 aromatic heterocycles. The van der Waals surface area contributed by atoms with Gasteiger partial charge >= 0.3 is 0 Å². The van der Waals surface area contributed by atoms with Crippen molar-refractivity contribution in [2.24, 2.45) is 0 Å². The van der Waals surface area contributed by atoms with Crippen molar-refractivity contribution in [1.29, 1.82) is 0 Å². The van der Waals surface area contributed by atoms with Gasteiger partial charge in [-0.05, 0) is 48.4 Å². The van der Waals surface area contributed by atoms with Crippen LogP contribution in [0.3, 0.4) is 0 Å². The molecule has 0 aliphatic carbocycles. The first kappa shape index (κ1) is 10.7. The Hall–Kier alpha value is -2.20. The molecule has 1 aliphatic rings. The van der Waals surface area contributed by atoms with E-state index in [2.05, 4.69) is 33.5 Å². The summed E-state index contributed by atoms with van der Waals surface area (Å²) in [4.78, 5) is 8.63. The van der Waals surface area contributed by atoms with Gasteiger partial charge in [-0.2, -0.15) is 4.98 Å². The maximum absolute atomic E-state index is 5.75. The van der Waals surface area contributed by atoms with Crippen LogP contribution in [0.15, 0.2) is 40.9 Å². The number of fused-ring (bicyclic) bond motifs is 2. The van der Waals surface area contributed by atoms with Crippen LogP contribution in [0.4, 0.5) is 0 Å². The van der Waals surface area contributed by atoms with Crippen molar-refractivity contribution in [2.75, 3.05) is 6.54 Å². The first-order chi connectivity index (χ1) is 9.40. The first-order valence-corrected chi connectivity index (χ1v) is 6.44. The van der Waals surface area contributed by atoms with Crippen LogP contribution in [0, 0.1) is 0 Å². The van der Waals surface area contributed by atoms with Gasteiger partial charge in [0.2, 0.25) is 5.89 Å². The molecule has 1 aromatic carbocycles. The Labute approximate surface area is 110 Å². The lowest BCUT2D eigenvalue weighted by atomic mass is 9.98. The highest BCUT2D eigenvalue weighted by Gasteiger charge is 2.13. The molecule has 1 aliphatic heterocycles. The number of benzene rings is 1. The van der Waals surface area contributed by atoms with Gasteiger partial charge in [-0.3, -0.25) is 0 Å². The predicted octanol–water partition coefficient (Wildman–Crippen LogP) is 2.54. The summed E-state index contributed by atoms with van der Waals surface area (Å²) in [6, 6.07) is 10.2. The standard InChI is InChI=1S/C15H13N3O/c1-2-13-14(17-6-1)18-15(19-13)11-4-3-10-5-7-16-9-12(10)8-11/h1-4,6,8,16H,5,7,9H2. The summed E-state index contributed by atoms with van der Waals surface area (Å²) in [7, 11) is 0. The molecular weight excluding hydrogens is 238 g/mol. The minimum Gasteiger partial charge on any atom is -0.434 e. The molecule has 0 amide bonds. The van der Waals surface area contributed by atoms with Crippen molar-refractivity contribution in [3.05, 3.63) is 47.7 Å². The van der Waals surface area contributed by atoms with Crippen molar-refractivity contribution in [1.82, 2.24) is 15.3 Å². The van der Waals surface area contributed by atoms with Crippen LogP contribution < -0.4 is 5.32 Å². The number of aromatic nitrogens is 2. The first-order valence-electron chi connectivity index (χ1n) is 6.44. The minimum atomic E-state index is 0.641. The summed E-state index contributed by atoms with van der Waals surface area (Å²) in [6.07, 6.45) is 2.82. The summed E-state index contributed by atoms with van der Waals surface area (Å²) in [5, 5.41) is 3.38. The highest BCUT2D eigenvalue weighted by molar-refractivity contribution is 5.72. The van der Waals surface area contributed by atoms with Crippen molar-refractivity contribution in [3.63, 3.8) is 0 Å². The van der Waals surface area contributed by atoms with Crippen LogP contribution in [0.1, 0.15) is 11.1 Å². The Morgan fingerprint density at radius 3 is 3.11 bits per heavy atom. The Balaban J connectivity index is 1.83. The lowest BCUT2D eigenvalue weighted by Gasteiger charge is -2.17. The van der Waals surface area contributed by atoms with E-state index in [0.717, 1.165) is 30.7 Å². The second-order valence-corrected chi connectivity index (χ2v) is 4.75. The van der Waals surface area contributed by atoms with E-state index in [1.807, 2.05) is 12.1 Å². The SMILES string of the molecule is c1cnc2nc(-c3ccc4c(c3)CNCC4)oc2c1. The number of hydrogen-bond donors (Lipinski definition) is 1. The van der Waals surface area contributed by atoms with Crippen molar-refractivity contribution in [3.8, 4) is 11.5 Å². The topological polar surface area (TPSA) is 51.0 Å². The molecule has 0 unspecified atom stereocenters. The highest BCUT2D eigenvalue weighted by atomic mass is 16.3. The second kappa shape index (κ2) is 4.17. The van der Waals surface area contributed by atoms with Crippen LogP contribution in [0.2, 0.25) is 0 Å². The summed E-state index contributed by atoms with van der Waals surface area (Å²) >= 11 is 0. The van der Waals surface area contributed by atoms with Gasteiger partial charge in [0.15, 0.2) is 11.2 Å². The smallest absolute Gasteiger partial charge is 0.228 e. The Morgan fingerprint density at radius 1 is 1.16 bits per heavy atom. The molecule has 0 spiro atoms. The summed E-state index contributed by atoms with van der Waals surface area (Å²) in [5.74, 6) is 0.641. The molecule has 0 atom stereocenters. The molecule has 94 valence electrons. The molecule has 3 heterocycles. The monoisotopic (exact) mass is 251 g/mol. The van der Waals surface area contributed by atoms with E-state index in [4.69, 9.17) is 4.42 Å². The van der Waals surface area contributed by atoms with E-state index < -0.39 is 0 Å². The second-order valence-electron chi connectivity index (χ2n) is 4.75. The average Bonchev–Trinajstić information content (AvgIpc) is 2.90. The zero-order valence-electron chi connectivity index (χ0n) is 10.4. The van der Waals surface area contributed by atoms with Gasteiger partial charge in [0.05, 0.1) is 0 Å². The number of hydrogen-bond acceptors (Lipinski definition) is 4. The highest BCUT2D eigenvalue weighted by Crippen LogP contribution is 2.26. The zero-order valence-corrected chi connectivity index (χ0v) is 10.4. The van der Waals surface area contributed by atoms with E-state index in [-0.39, 0.29) is 0 Å². The molecular formula is C15H13N3O. The maximum Gasteiger partial charge on any atom is 0.228 e.